The molecule has 1 heterocycles. The van der Waals surface area contributed by atoms with Crippen molar-refractivity contribution >= 4 is 5.97 Å². The number of carbonyl (C=O) groups is 1. The van der Waals surface area contributed by atoms with Gasteiger partial charge in [0.05, 0.1) is 17.1 Å². The van der Waals surface area contributed by atoms with Crippen molar-refractivity contribution in [2.75, 3.05) is 0 Å². The van der Waals surface area contributed by atoms with Crippen LogP contribution in [0.25, 0.3) is 5.69 Å². The van der Waals surface area contributed by atoms with Gasteiger partial charge in [0.25, 0.3) is 0 Å². The normalized spacial score (nSPS) is 10.8. The lowest BCUT2D eigenvalue weighted by atomic mass is 10.1. The molecule has 0 unspecified atom stereocenters. The molecule has 0 aliphatic rings. The first-order chi connectivity index (χ1) is 9.49. The fourth-order valence-corrected chi connectivity index (χ4v) is 2.47. The zero-order valence-electron chi connectivity index (χ0n) is 12.4. The molecular weight excluding hydrogens is 252 g/mol. The van der Waals surface area contributed by atoms with E-state index in [1.54, 1.807) is 4.68 Å². The number of hydrogen-bond donors (Lipinski definition) is 1. The summed E-state index contributed by atoms with van der Waals surface area (Å²) >= 11 is 0. The zero-order chi connectivity index (χ0) is 14.9. The Morgan fingerprint density at radius 2 is 1.95 bits per heavy atom. The first-order valence-corrected chi connectivity index (χ1v) is 6.91. The molecule has 1 N–H and O–H groups in total. The van der Waals surface area contributed by atoms with Crippen LogP contribution in [0.2, 0.25) is 0 Å². The Labute approximate surface area is 119 Å². The van der Waals surface area contributed by atoms with Gasteiger partial charge in [-0.05, 0) is 43.9 Å². The van der Waals surface area contributed by atoms with Gasteiger partial charge in [0.15, 0.2) is 0 Å². The number of carboxylic acids is 1. The van der Waals surface area contributed by atoms with Crippen molar-refractivity contribution in [1.82, 2.24) is 9.78 Å². The van der Waals surface area contributed by atoms with Crippen LogP contribution in [0.15, 0.2) is 18.2 Å². The standard InChI is InChI=1S/C16H20N2O2/c1-5-12-15(16(19)20)13(6-2)18(17-12)14-9-10(3)7-8-11(14)4/h7-9H,5-6H2,1-4H3,(H,19,20). The van der Waals surface area contributed by atoms with Crippen molar-refractivity contribution in [3.63, 3.8) is 0 Å². The highest BCUT2D eigenvalue weighted by Crippen LogP contribution is 2.23. The summed E-state index contributed by atoms with van der Waals surface area (Å²) in [5.41, 5.74) is 4.96. The highest BCUT2D eigenvalue weighted by atomic mass is 16.4. The van der Waals surface area contributed by atoms with Crippen molar-refractivity contribution in [1.29, 1.82) is 0 Å². The maximum absolute atomic E-state index is 11.5. The number of benzene rings is 1. The van der Waals surface area contributed by atoms with Gasteiger partial charge >= 0.3 is 5.97 Å². The topological polar surface area (TPSA) is 55.1 Å². The van der Waals surface area contributed by atoms with E-state index in [0.717, 1.165) is 22.5 Å². The fraction of sp³-hybridized carbons (Fsp3) is 0.375. The summed E-state index contributed by atoms with van der Waals surface area (Å²) in [6.07, 6.45) is 1.26. The Kier molecular flexibility index (Phi) is 3.93. The van der Waals surface area contributed by atoms with Crippen LogP contribution in [0.5, 0.6) is 0 Å². The summed E-state index contributed by atoms with van der Waals surface area (Å²) < 4.78 is 1.80. The first-order valence-electron chi connectivity index (χ1n) is 6.91. The first kappa shape index (κ1) is 14.3. The molecule has 20 heavy (non-hydrogen) atoms. The number of aromatic nitrogens is 2. The lowest BCUT2D eigenvalue weighted by Gasteiger charge is -2.10. The smallest absolute Gasteiger partial charge is 0.339 e. The quantitative estimate of drug-likeness (QED) is 0.929. The summed E-state index contributed by atoms with van der Waals surface area (Å²) in [5.74, 6) is -0.893. The van der Waals surface area contributed by atoms with Gasteiger partial charge in [0, 0.05) is 0 Å². The molecule has 2 rings (SSSR count). The average Bonchev–Trinajstić information content (AvgIpc) is 2.79. The van der Waals surface area contributed by atoms with E-state index in [-0.39, 0.29) is 0 Å². The number of aromatic carboxylic acids is 1. The van der Waals surface area contributed by atoms with Gasteiger partial charge < -0.3 is 5.11 Å². The number of carboxylic acid groups (broad SMARTS) is 1. The summed E-state index contributed by atoms with van der Waals surface area (Å²) in [4.78, 5) is 11.5. The van der Waals surface area contributed by atoms with Crippen LogP contribution >= 0.6 is 0 Å². The molecular formula is C16H20N2O2. The van der Waals surface area contributed by atoms with E-state index in [0.29, 0.717) is 24.1 Å². The molecule has 0 saturated heterocycles. The third-order valence-corrected chi connectivity index (χ3v) is 3.53. The van der Waals surface area contributed by atoms with E-state index in [1.165, 1.54) is 0 Å². The van der Waals surface area contributed by atoms with Gasteiger partial charge in [-0.25, -0.2) is 9.48 Å². The Morgan fingerprint density at radius 1 is 1.25 bits per heavy atom. The Hall–Kier alpha value is -2.10. The third kappa shape index (κ3) is 2.33. The minimum atomic E-state index is -0.893. The van der Waals surface area contributed by atoms with Crippen molar-refractivity contribution in [3.05, 3.63) is 46.3 Å². The van der Waals surface area contributed by atoms with Crippen molar-refractivity contribution in [2.24, 2.45) is 0 Å². The van der Waals surface area contributed by atoms with E-state index in [9.17, 15) is 9.90 Å². The highest BCUT2D eigenvalue weighted by Gasteiger charge is 2.22. The number of nitrogens with zero attached hydrogens (tertiary/aromatic N) is 2. The molecule has 4 nitrogen and oxygen atoms in total. The van der Waals surface area contributed by atoms with Crippen LogP contribution in [0.3, 0.4) is 0 Å². The largest absolute Gasteiger partial charge is 0.478 e. The maximum atomic E-state index is 11.5. The molecule has 0 bridgehead atoms. The van der Waals surface area contributed by atoms with E-state index in [2.05, 4.69) is 5.10 Å². The van der Waals surface area contributed by atoms with Gasteiger partial charge in [-0.1, -0.05) is 26.0 Å². The molecule has 0 spiro atoms. The molecule has 2 aromatic rings. The van der Waals surface area contributed by atoms with Crippen LogP contribution < -0.4 is 0 Å². The molecule has 0 saturated carbocycles. The van der Waals surface area contributed by atoms with Gasteiger partial charge in [0.2, 0.25) is 0 Å². The third-order valence-electron chi connectivity index (χ3n) is 3.53. The number of rotatable bonds is 4. The maximum Gasteiger partial charge on any atom is 0.339 e. The number of aryl methyl sites for hydroxylation is 3. The Morgan fingerprint density at radius 3 is 2.50 bits per heavy atom. The summed E-state index contributed by atoms with van der Waals surface area (Å²) in [5, 5.41) is 14.0. The molecule has 106 valence electrons. The zero-order valence-corrected chi connectivity index (χ0v) is 12.4. The van der Waals surface area contributed by atoms with Crippen molar-refractivity contribution in [2.45, 2.75) is 40.5 Å². The van der Waals surface area contributed by atoms with E-state index in [1.807, 2.05) is 45.9 Å². The van der Waals surface area contributed by atoms with E-state index >= 15 is 0 Å². The minimum Gasteiger partial charge on any atom is -0.478 e. The van der Waals surface area contributed by atoms with E-state index in [4.69, 9.17) is 0 Å². The van der Waals surface area contributed by atoms with Gasteiger partial charge in [-0.2, -0.15) is 5.10 Å². The predicted octanol–water partition coefficient (Wildman–Crippen LogP) is 3.31. The van der Waals surface area contributed by atoms with Crippen molar-refractivity contribution < 1.29 is 9.90 Å². The van der Waals surface area contributed by atoms with Crippen LogP contribution in [-0.2, 0) is 12.8 Å². The van der Waals surface area contributed by atoms with Crippen LogP contribution in [0.1, 0.15) is 46.7 Å². The highest BCUT2D eigenvalue weighted by molar-refractivity contribution is 5.90. The molecule has 0 amide bonds. The van der Waals surface area contributed by atoms with Gasteiger partial charge in [-0.15, -0.1) is 0 Å². The van der Waals surface area contributed by atoms with Gasteiger partial charge in [0.1, 0.15) is 5.56 Å². The summed E-state index contributed by atoms with van der Waals surface area (Å²) in [6, 6.07) is 6.14. The van der Waals surface area contributed by atoms with E-state index < -0.39 is 5.97 Å². The molecule has 0 aliphatic carbocycles. The Bertz CT molecular complexity index is 657. The fourth-order valence-electron chi connectivity index (χ4n) is 2.47. The monoisotopic (exact) mass is 272 g/mol. The average molecular weight is 272 g/mol. The molecule has 1 aromatic heterocycles. The Balaban J connectivity index is 2.74. The second-order valence-electron chi connectivity index (χ2n) is 4.98. The lowest BCUT2D eigenvalue weighted by Crippen LogP contribution is -2.07. The molecule has 1 aromatic carbocycles. The summed E-state index contributed by atoms with van der Waals surface area (Å²) in [7, 11) is 0. The van der Waals surface area contributed by atoms with Crippen LogP contribution in [0.4, 0.5) is 0 Å². The molecule has 0 atom stereocenters. The minimum absolute atomic E-state index is 0.357. The van der Waals surface area contributed by atoms with Crippen LogP contribution in [0, 0.1) is 13.8 Å². The predicted molar refractivity (Wildman–Crippen MR) is 78.8 cm³/mol. The second-order valence-corrected chi connectivity index (χ2v) is 4.98. The second kappa shape index (κ2) is 5.49. The lowest BCUT2D eigenvalue weighted by molar-refractivity contribution is 0.0694. The van der Waals surface area contributed by atoms with Crippen LogP contribution in [-0.4, -0.2) is 20.9 Å². The molecule has 0 radical (unpaired) electrons. The number of hydrogen-bond acceptors (Lipinski definition) is 2. The molecule has 0 aliphatic heterocycles. The van der Waals surface area contributed by atoms with Crippen molar-refractivity contribution in [3.8, 4) is 5.69 Å². The molecule has 4 heteroatoms. The summed E-state index contributed by atoms with van der Waals surface area (Å²) in [6.45, 7) is 7.94. The van der Waals surface area contributed by atoms with Gasteiger partial charge in [-0.3, -0.25) is 0 Å². The molecule has 0 fully saturated rings. The SMILES string of the molecule is CCc1nn(-c2cc(C)ccc2C)c(CC)c1C(=O)O.